The SMILES string of the molecule is CCOC(=O)N1CCc2c(sc(NC(C)=O)c2-c2nc3ccccc3s2)C1. The molecule has 1 aliphatic heterocycles. The number of carbonyl (C=O) groups excluding carboxylic acids is 2. The summed E-state index contributed by atoms with van der Waals surface area (Å²) < 4.78 is 6.25. The van der Waals surface area contributed by atoms with E-state index in [1.807, 2.05) is 18.2 Å². The summed E-state index contributed by atoms with van der Waals surface area (Å²) in [4.78, 5) is 31.4. The monoisotopic (exact) mass is 401 g/mol. The maximum atomic E-state index is 12.1. The van der Waals surface area contributed by atoms with Crippen molar-refractivity contribution in [3.8, 4) is 10.6 Å². The zero-order chi connectivity index (χ0) is 19.0. The first-order valence-electron chi connectivity index (χ1n) is 8.76. The van der Waals surface area contributed by atoms with Gasteiger partial charge in [-0.1, -0.05) is 12.1 Å². The maximum absolute atomic E-state index is 12.1. The van der Waals surface area contributed by atoms with Gasteiger partial charge in [0, 0.05) is 23.9 Å². The molecule has 0 saturated heterocycles. The van der Waals surface area contributed by atoms with Crippen molar-refractivity contribution in [1.82, 2.24) is 9.88 Å². The highest BCUT2D eigenvalue weighted by Gasteiger charge is 2.29. The molecule has 4 rings (SSSR count). The van der Waals surface area contributed by atoms with Crippen LogP contribution in [0, 0.1) is 0 Å². The average molecular weight is 402 g/mol. The zero-order valence-electron chi connectivity index (χ0n) is 15.1. The molecular weight excluding hydrogens is 382 g/mol. The van der Waals surface area contributed by atoms with Crippen LogP contribution >= 0.6 is 22.7 Å². The fourth-order valence-corrected chi connectivity index (χ4v) is 5.65. The normalized spacial score (nSPS) is 13.5. The van der Waals surface area contributed by atoms with Gasteiger partial charge in [0.25, 0.3) is 0 Å². The van der Waals surface area contributed by atoms with Gasteiger partial charge in [0.15, 0.2) is 0 Å². The lowest BCUT2D eigenvalue weighted by Gasteiger charge is -2.26. The third-order valence-electron chi connectivity index (χ3n) is 4.38. The first-order valence-corrected chi connectivity index (χ1v) is 10.4. The molecule has 1 aliphatic rings. The lowest BCUT2D eigenvalue weighted by molar-refractivity contribution is -0.114. The van der Waals surface area contributed by atoms with Crippen molar-refractivity contribution in [2.24, 2.45) is 0 Å². The molecule has 0 fully saturated rings. The van der Waals surface area contributed by atoms with Crippen LogP contribution in [0.25, 0.3) is 20.8 Å². The molecule has 0 spiro atoms. The second-order valence-electron chi connectivity index (χ2n) is 6.25. The van der Waals surface area contributed by atoms with Crippen molar-refractivity contribution in [2.45, 2.75) is 26.8 Å². The van der Waals surface area contributed by atoms with Crippen molar-refractivity contribution >= 4 is 49.9 Å². The maximum Gasteiger partial charge on any atom is 0.410 e. The van der Waals surface area contributed by atoms with E-state index in [0.29, 0.717) is 19.7 Å². The first kappa shape index (κ1) is 17.9. The molecule has 0 unspecified atom stereocenters. The van der Waals surface area contributed by atoms with E-state index in [0.717, 1.165) is 37.1 Å². The van der Waals surface area contributed by atoms with Crippen molar-refractivity contribution < 1.29 is 14.3 Å². The number of amides is 2. The summed E-state index contributed by atoms with van der Waals surface area (Å²) in [7, 11) is 0. The van der Waals surface area contributed by atoms with Crippen LogP contribution in [0.3, 0.4) is 0 Å². The molecule has 8 heteroatoms. The highest BCUT2D eigenvalue weighted by atomic mass is 32.1. The van der Waals surface area contributed by atoms with Crippen molar-refractivity contribution in [3.05, 3.63) is 34.7 Å². The topological polar surface area (TPSA) is 71.5 Å². The van der Waals surface area contributed by atoms with Crippen LogP contribution < -0.4 is 5.32 Å². The zero-order valence-corrected chi connectivity index (χ0v) is 16.7. The number of thiophene rings is 1. The van der Waals surface area contributed by atoms with Crippen LogP contribution in [0.15, 0.2) is 24.3 Å². The van der Waals surface area contributed by atoms with Gasteiger partial charge in [-0.05, 0) is 31.0 Å². The molecular formula is C19H19N3O3S2. The Morgan fingerprint density at radius 3 is 2.85 bits per heavy atom. The number of carbonyl (C=O) groups is 2. The number of rotatable bonds is 3. The number of aromatic nitrogens is 1. The quantitative estimate of drug-likeness (QED) is 0.701. The third-order valence-corrected chi connectivity index (χ3v) is 6.57. The van der Waals surface area contributed by atoms with Crippen LogP contribution in [0.4, 0.5) is 9.80 Å². The van der Waals surface area contributed by atoms with E-state index in [-0.39, 0.29) is 12.0 Å². The summed E-state index contributed by atoms with van der Waals surface area (Å²) in [5, 5.41) is 4.66. The van der Waals surface area contributed by atoms with E-state index in [4.69, 9.17) is 9.72 Å². The van der Waals surface area contributed by atoms with E-state index >= 15 is 0 Å². The number of nitrogens with zero attached hydrogens (tertiary/aromatic N) is 2. The molecule has 140 valence electrons. The number of nitrogens with one attached hydrogen (secondary N) is 1. The largest absolute Gasteiger partial charge is 0.450 e. The second kappa shape index (κ2) is 7.28. The van der Waals surface area contributed by atoms with E-state index in [1.54, 1.807) is 23.2 Å². The fourth-order valence-electron chi connectivity index (χ4n) is 3.23. The Balaban J connectivity index is 1.77. The van der Waals surface area contributed by atoms with Gasteiger partial charge >= 0.3 is 6.09 Å². The summed E-state index contributed by atoms with van der Waals surface area (Å²) in [6.45, 7) is 4.77. The Morgan fingerprint density at radius 1 is 1.30 bits per heavy atom. The Morgan fingerprint density at radius 2 is 2.11 bits per heavy atom. The van der Waals surface area contributed by atoms with Gasteiger partial charge in [-0.15, -0.1) is 22.7 Å². The lowest BCUT2D eigenvalue weighted by atomic mass is 10.0. The van der Waals surface area contributed by atoms with Gasteiger partial charge in [-0.25, -0.2) is 9.78 Å². The Labute approximate surface area is 164 Å². The predicted molar refractivity (Wildman–Crippen MR) is 108 cm³/mol. The molecule has 3 heterocycles. The number of benzene rings is 1. The van der Waals surface area contributed by atoms with E-state index in [2.05, 4.69) is 11.4 Å². The van der Waals surface area contributed by atoms with Gasteiger partial charge in [0.1, 0.15) is 10.0 Å². The van der Waals surface area contributed by atoms with Crippen molar-refractivity contribution in [1.29, 1.82) is 0 Å². The van der Waals surface area contributed by atoms with E-state index in [9.17, 15) is 9.59 Å². The number of hydrogen-bond donors (Lipinski definition) is 1. The van der Waals surface area contributed by atoms with Crippen LogP contribution in [0.5, 0.6) is 0 Å². The minimum atomic E-state index is -0.292. The smallest absolute Gasteiger partial charge is 0.410 e. The van der Waals surface area contributed by atoms with Crippen LogP contribution in [0.2, 0.25) is 0 Å². The van der Waals surface area contributed by atoms with E-state index in [1.165, 1.54) is 23.8 Å². The third kappa shape index (κ3) is 3.42. The summed E-state index contributed by atoms with van der Waals surface area (Å²) in [5.74, 6) is -0.113. The molecule has 0 aliphatic carbocycles. The number of ether oxygens (including phenoxy) is 1. The fraction of sp³-hybridized carbons (Fsp3) is 0.316. The minimum absolute atomic E-state index is 0.113. The molecule has 3 aromatic rings. The lowest BCUT2D eigenvalue weighted by Crippen LogP contribution is -2.35. The predicted octanol–water partition coefficient (Wildman–Crippen LogP) is 4.50. The number of hydrogen-bond acceptors (Lipinski definition) is 6. The van der Waals surface area contributed by atoms with Gasteiger partial charge in [-0.2, -0.15) is 0 Å². The van der Waals surface area contributed by atoms with Gasteiger partial charge in [-0.3, -0.25) is 4.79 Å². The number of fused-ring (bicyclic) bond motifs is 2. The Bertz CT molecular complexity index is 992. The standard InChI is InChI=1S/C19H19N3O3S2/c1-3-25-19(24)22-9-8-12-15(10-22)27-17(20-11(2)23)16(12)18-21-13-6-4-5-7-14(13)26-18/h4-7H,3,8-10H2,1-2H3,(H,20,23). The van der Waals surface area contributed by atoms with Crippen molar-refractivity contribution in [3.63, 3.8) is 0 Å². The van der Waals surface area contributed by atoms with E-state index < -0.39 is 0 Å². The van der Waals surface area contributed by atoms with Gasteiger partial charge in [0.2, 0.25) is 5.91 Å². The van der Waals surface area contributed by atoms with Crippen LogP contribution in [-0.2, 0) is 22.5 Å². The summed E-state index contributed by atoms with van der Waals surface area (Å²) >= 11 is 3.14. The number of thiazole rings is 1. The average Bonchev–Trinajstić information content (AvgIpc) is 3.20. The number of para-hydroxylation sites is 1. The highest BCUT2D eigenvalue weighted by Crippen LogP contribution is 2.45. The Kier molecular flexibility index (Phi) is 4.84. The number of anilines is 1. The molecule has 0 bridgehead atoms. The molecule has 27 heavy (non-hydrogen) atoms. The molecule has 0 saturated carbocycles. The van der Waals surface area contributed by atoms with Gasteiger partial charge < -0.3 is 15.0 Å². The van der Waals surface area contributed by atoms with Gasteiger partial charge in [0.05, 0.1) is 23.4 Å². The summed E-state index contributed by atoms with van der Waals surface area (Å²) in [5.41, 5.74) is 3.12. The molecule has 2 aromatic heterocycles. The minimum Gasteiger partial charge on any atom is -0.450 e. The molecule has 0 radical (unpaired) electrons. The Hall–Kier alpha value is -2.45. The summed E-state index contributed by atoms with van der Waals surface area (Å²) in [6.07, 6.45) is 0.425. The molecule has 2 amide bonds. The van der Waals surface area contributed by atoms with Crippen molar-refractivity contribution in [2.75, 3.05) is 18.5 Å². The van der Waals surface area contributed by atoms with Crippen LogP contribution in [0.1, 0.15) is 24.3 Å². The summed E-state index contributed by atoms with van der Waals surface area (Å²) in [6, 6.07) is 8.02. The second-order valence-corrected chi connectivity index (χ2v) is 8.38. The molecule has 1 aromatic carbocycles. The molecule has 1 N–H and O–H groups in total. The first-order chi connectivity index (χ1) is 13.1. The van der Waals surface area contributed by atoms with Crippen LogP contribution in [-0.4, -0.2) is 35.0 Å². The molecule has 6 nitrogen and oxygen atoms in total. The molecule has 0 atom stereocenters. The highest BCUT2D eigenvalue weighted by molar-refractivity contribution is 7.22.